The summed E-state index contributed by atoms with van der Waals surface area (Å²) in [4.78, 5) is 19.6. The van der Waals surface area contributed by atoms with Gasteiger partial charge in [0.2, 0.25) is 10.0 Å². The third-order valence-corrected chi connectivity index (χ3v) is 9.34. The Labute approximate surface area is 210 Å². The van der Waals surface area contributed by atoms with Crippen LogP contribution in [0.2, 0.25) is 0 Å². The highest BCUT2D eigenvalue weighted by Crippen LogP contribution is 2.41. The predicted molar refractivity (Wildman–Crippen MR) is 129 cm³/mol. The Morgan fingerprint density at radius 1 is 1.11 bits per heavy atom. The van der Waals surface area contributed by atoms with Crippen LogP contribution in [0.5, 0.6) is 0 Å². The van der Waals surface area contributed by atoms with Gasteiger partial charge in [-0.2, -0.15) is 9.57 Å². The first-order valence-corrected chi connectivity index (χ1v) is 13.6. The lowest BCUT2D eigenvalue weighted by atomic mass is 9.73. The molecular formula is C25H28FN5O4S. The van der Waals surface area contributed by atoms with Gasteiger partial charge in [0.15, 0.2) is 0 Å². The lowest BCUT2D eigenvalue weighted by Crippen LogP contribution is -2.50. The summed E-state index contributed by atoms with van der Waals surface area (Å²) in [6.07, 6.45) is 4.26. The number of rotatable bonds is 5. The maximum atomic E-state index is 14.3. The maximum Gasteiger partial charge on any atom is 0.415 e. The van der Waals surface area contributed by atoms with Crippen molar-refractivity contribution in [2.75, 3.05) is 44.2 Å². The number of pyridine rings is 1. The van der Waals surface area contributed by atoms with E-state index < -0.39 is 16.1 Å². The molecule has 4 heterocycles. The van der Waals surface area contributed by atoms with Gasteiger partial charge >= 0.3 is 6.09 Å². The highest BCUT2D eigenvalue weighted by atomic mass is 32.2. The van der Waals surface area contributed by atoms with Gasteiger partial charge in [0.1, 0.15) is 23.1 Å². The summed E-state index contributed by atoms with van der Waals surface area (Å²) in [6, 6.07) is 9.56. The van der Waals surface area contributed by atoms with Crippen LogP contribution in [0.15, 0.2) is 41.4 Å². The van der Waals surface area contributed by atoms with Crippen molar-refractivity contribution in [2.45, 2.75) is 37.1 Å². The third kappa shape index (κ3) is 4.81. The molecule has 5 rings (SSSR count). The molecule has 11 heteroatoms. The number of piperidine rings is 2. The summed E-state index contributed by atoms with van der Waals surface area (Å²) in [6.45, 7) is 3.58. The van der Waals surface area contributed by atoms with Gasteiger partial charge in [-0.05, 0) is 68.5 Å². The quantitative estimate of drug-likeness (QED) is 0.605. The van der Waals surface area contributed by atoms with Crippen molar-refractivity contribution in [1.29, 1.82) is 5.26 Å². The van der Waals surface area contributed by atoms with E-state index >= 15 is 0 Å². The number of carbonyl (C=O) groups is 1. The van der Waals surface area contributed by atoms with Gasteiger partial charge in [0.05, 0.1) is 18.2 Å². The number of hydrogen-bond donors (Lipinski definition) is 0. The number of amides is 1. The van der Waals surface area contributed by atoms with Gasteiger partial charge in [-0.25, -0.2) is 22.6 Å². The Morgan fingerprint density at radius 3 is 2.56 bits per heavy atom. The molecule has 0 bridgehead atoms. The van der Waals surface area contributed by atoms with Gasteiger partial charge in [-0.15, -0.1) is 0 Å². The summed E-state index contributed by atoms with van der Waals surface area (Å²) in [7, 11) is -3.72. The number of benzene rings is 1. The Morgan fingerprint density at radius 2 is 1.92 bits per heavy atom. The van der Waals surface area contributed by atoms with E-state index in [0.717, 1.165) is 38.8 Å². The number of sulfonamides is 1. The number of aromatic nitrogens is 1. The summed E-state index contributed by atoms with van der Waals surface area (Å²) in [5.74, 6) is 0.00293. The van der Waals surface area contributed by atoms with Crippen LogP contribution in [0.25, 0.3) is 0 Å². The van der Waals surface area contributed by atoms with Crippen LogP contribution in [0.3, 0.4) is 0 Å². The molecule has 9 nitrogen and oxygen atoms in total. The SMILES string of the molecule is N#Cc1ccc(CN2CCC3(CCCN(S(=O)(=O)c4ccc(N5CCOC5=O)nc4)C3)CC2)c(F)c1. The van der Waals surface area contributed by atoms with Crippen molar-refractivity contribution >= 4 is 21.9 Å². The molecule has 0 aliphatic carbocycles. The van der Waals surface area contributed by atoms with E-state index in [1.807, 2.05) is 6.07 Å². The highest BCUT2D eigenvalue weighted by Gasteiger charge is 2.42. The minimum absolute atomic E-state index is 0.0995. The number of hydrogen-bond acceptors (Lipinski definition) is 7. The molecule has 1 aromatic carbocycles. The molecule has 3 aliphatic rings. The molecular weight excluding hydrogens is 485 g/mol. The van der Waals surface area contributed by atoms with Gasteiger partial charge in [-0.1, -0.05) is 6.07 Å². The van der Waals surface area contributed by atoms with Crippen molar-refractivity contribution in [2.24, 2.45) is 5.41 Å². The summed E-state index contributed by atoms with van der Waals surface area (Å²) < 4.78 is 47.6. The van der Waals surface area contributed by atoms with Crippen molar-refractivity contribution in [3.05, 3.63) is 53.5 Å². The van der Waals surface area contributed by atoms with Gasteiger partial charge in [-0.3, -0.25) is 9.80 Å². The predicted octanol–water partition coefficient (Wildman–Crippen LogP) is 3.12. The third-order valence-electron chi connectivity index (χ3n) is 7.52. The average Bonchev–Trinajstić information content (AvgIpc) is 3.32. The monoisotopic (exact) mass is 513 g/mol. The zero-order valence-corrected chi connectivity index (χ0v) is 20.7. The van der Waals surface area contributed by atoms with E-state index in [4.69, 9.17) is 10.00 Å². The smallest absolute Gasteiger partial charge is 0.415 e. The fraction of sp³-hybridized carbons (Fsp3) is 0.480. The molecule has 1 spiro atoms. The van der Waals surface area contributed by atoms with E-state index in [2.05, 4.69) is 9.88 Å². The first-order valence-electron chi connectivity index (χ1n) is 12.1. The minimum atomic E-state index is -3.72. The van der Waals surface area contributed by atoms with Crippen molar-refractivity contribution < 1.29 is 22.3 Å². The summed E-state index contributed by atoms with van der Waals surface area (Å²) in [5.41, 5.74) is 0.772. The molecule has 190 valence electrons. The van der Waals surface area contributed by atoms with Crippen LogP contribution in [0.1, 0.15) is 36.8 Å². The second-order valence-corrected chi connectivity index (χ2v) is 11.7. The Bertz CT molecular complexity index is 1290. The van der Waals surface area contributed by atoms with Crippen LogP contribution in [0, 0.1) is 22.6 Å². The molecule has 36 heavy (non-hydrogen) atoms. The average molecular weight is 514 g/mol. The Kier molecular flexibility index (Phi) is 6.68. The van der Waals surface area contributed by atoms with Crippen molar-refractivity contribution in [3.8, 4) is 6.07 Å². The largest absolute Gasteiger partial charge is 0.447 e. The Balaban J connectivity index is 1.23. The lowest BCUT2D eigenvalue weighted by Gasteiger charge is -2.47. The normalized spacial score (nSPS) is 20.9. The van der Waals surface area contributed by atoms with E-state index in [1.165, 1.54) is 23.2 Å². The molecule has 1 amide bonds. The minimum Gasteiger partial charge on any atom is -0.447 e. The zero-order valence-electron chi connectivity index (χ0n) is 19.9. The van der Waals surface area contributed by atoms with E-state index in [1.54, 1.807) is 22.5 Å². The number of likely N-dealkylation sites (tertiary alicyclic amines) is 1. The zero-order chi connectivity index (χ0) is 25.3. The molecule has 0 saturated carbocycles. The lowest BCUT2D eigenvalue weighted by molar-refractivity contribution is 0.0491. The van der Waals surface area contributed by atoms with E-state index in [-0.39, 0.29) is 22.7 Å². The molecule has 0 N–H and O–H groups in total. The number of cyclic esters (lactones) is 1. The molecule has 1 aromatic heterocycles. The van der Waals surface area contributed by atoms with Gasteiger partial charge in [0, 0.05) is 31.4 Å². The van der Waals surface area contributed by atoms with Crippen LogP contribution in [-0.2, 0) is 21.3 Å². The van der Waals surface area contributed by atoms with Gasteiger partial charge in [0.25, 0.3) is 0 Å². The topological polar surface area (TPSA) is 107 Å². The number of carbonyl (C=O) groups excluding carboxylic acids is 1. The van der Waals surface area contributed by atoms with Gasteiger partial charge < -0.3 is 4.74 Å². The number of nitriles is 1. The molecule has 0 radical (unpaired) electrons. The standard InChI is InChI=1S/C25H28FN5O4S/c26-22-14-19(15-27)2-3-20(22)17-29-10-7-25(8-11-29)6-1-9-30(18-25)36(33,34)21-4-5-23(28-16-21)31-12-13-35-24(31)32/h2-5,14,16H,1,6-13,17-18H2. The number of halogens is 1. The number of nitrogens with zero attached hydrogens (tertiary/aromatic N) is 5. The summed E-state index contributed by atoms with van der Waals surface area (Å²) in [5, 5.41) is 8.94. The fourth-order valence-corrected chi connectivity index (χ4v) is 6.92. The highest BCUT2D eigenvalue weighted by molar-refractivity contribution is 7.89. The van der Waals surface area contributed by atoms with E-state index in [9.17, 15) is 17.6 Å². The van der Waals surface area contributed by atoms with Crippen molar-refractivity contribution in [3.63, 3.8) is 0 Å². The van der Waals surface area contributed by atoms with E-state index in [0.29, 0.717) is 43.1 Å². The molecule has 0 atom stereocenters. The first kappa shape index (κ1) is 24.6. The molecule has 3 saturated heterocycles. The molecule has 3 aliphatic heterocycles. The second kappa shape index (κ2) is 9.76. The number of ether oxygens (including phenoxy) is 1. The molecule has 0 unspecified atom stereocenters. The van der Waals surface area contributed by atoms with Crippen LogP contribution in [-0.4, -0.2) is 68.0 Å². The van der Waals surface area contributed by atoms with Crippen LogP contribution in [0.4, 0.5) is 15.0 Å². The Hall–Kier alpha value is -3.07. The van der Waals surface area contributed by atoms with Crippen molar-refractivity contribution in [1.82, 2.24) is 14.2 Å². The fourth-order valence-electron chi connectivity index (χ4n) is 5.38. The summed E-state index contributed by atoms with van der Waals surface area (Å²) >= 11 is 0. The van der Waals surface area contributed by atoms with Crippen LogP contribution >= 0.6 is 0 Å². The first-order chi connectivity index (χ1) is 17.3. The number of anilines is 1. The second-order valence-electron chi connectivity index (χ2n) is 9.75. The molecule has 2 aromatic rings. The maximum absolute atomic E-state index is 14.3. The molecule has 3 fully saturated rings. The van der Waals surface area contributed by atoms with Crippen LogP contribution < -0.4 is 4.90 Å².